The molecule has 0 aromatic heterocycles. The Hall–Kier alpha value is -1.37. The van der Waals surface area contributed by atoms with Crippen molar-refractivity contribution in [3.8, 4) is 6.07 Å². The quantitative estimate of drug-likeness (QED) is 0.866. The topological polar surface area (TPSA) is 53.0 Å². The Bertz CT molecular complexity index is 461. The van der Waals surface area contributed by atoms with Crippen LogP contribution in [0.1, 0.15) is 36.5 Å². The Morgan fingerprint density at radius 2 is 2.28 bits per heavy atom. The second-order valence-electron chi connectivity index (χ2n) is 5.36. The lowest BCUT2D eigenvalue weighted by Gasteiger charge is -2.36. The standard InChI is InChI=1S/C15H21N3/c1-11-7-13(9-16)3-4-14(11)10-18-6-5-15(17)8-12(18)2/h3-4,7,12,15H,5-6,8,10,17H2,1-2H3. The summed E-state index contributed by atoms with van der Waals surface area (Å²) in [7, 11) is 0. The minimum atomic E-state index is 0.360. The molecule has 0 saturated carbocycles. The van der Waals surface area contributed by atoms with Crippen molar-refractivity contribution in [1.82, 2.24) is 4.90 Å². The summed E-state index contributed by atoms with van der Waals surface area (Å²) < 4.78 is 0. The molecule has 0 bridgehead atoms. The molecule has 2 N–H and O–H groups in total. The van der Waals surface area contributed by atoms with E-state index in [9.17, 15) is 0 Å². The minimum absolute atomic E-state index is 0.360. The van der Waals surface area contributed by atoms with Crippen molar-refractivity contribution in [3.63, 3.8) is 0 Å². The summed E-state index contributed by atoms with van der Waals surface area (Å²) in [5.74, 6) is 0. The Kier molecular flexibility index (Phi) is 4.00. The highest BCUT2D eigenvalue weighted by molar-refractivity contribution is 5.37. The highest BCUT2D eigenvalue weighted by Gasteiger charge is 2.23. The van der Waals surface area contributed by atoms with E-state index in [0.29, 0.717) is 12.1 Å². The maximum absolute atomic E-state index is 8.87. The fourth-order valence-electron chi connectivity index (χ4n) is 2.65. The lowest BCUT2D eigenvalue weighted by Crippen LogP contribution is -2.45. The fraction of sp³-hybridized carbons (Fsp3) is 0.533. The van der Waals surface area contributed by atoms with Gasteiger partial charge < -0.3 is 5.73 Å². The molecule has 1 heterocycles. The number of rotatable bonds is 2. The van der Waals surface area contributed by atoms with Gasteiger partial charge in [-0.3, -0.25) is 4.90 Å². The van der Waals surface area contributed by atoms with Crippen molar-refractivity contribution in [3.05, 3.63) is 34.9 Å². The van der Waals surface area contributed by atoms with Crippen LogP contribution in [0.25, 0.3) is 0 Å². The largest absolute Gasteiger partial charge is 0.328 e. The maximum atomic E-state index is 8.87. The van der Waals surface area contributed by atoms with Gasteiger partial charge >= 0.3 is 0 Å². The number of nitriles is 1. The van der Waals surface area contributed by atoms with E-state index in [4.69, 9.17) is 11.0 Å². The van der Waals surface area contributed by atoms with Gasteiger partial charge in [-0.05, 0) is 49.9 Å². The molecular weight excluding hydrogens is 222 g/mol. The average molecular weight is 243 g/mol. The molecule has 0 amide bonds. The van der Waals surface area contributed by atoms with E-state index in [1.54, 1.807) is 0 Å². The smallest absolute Gasteiger partial charge is 0.0991 e. The first-order valence-corrected chi connectivity index (χ1v) is 6.59. The Labute approximate surface area is 109 Å². The van der Waals surface area contributed by atoms with E-state index in [1.165, 1.54) is 11.1 Å². The number of benzene rings is 1. The number of likely N-dealkylation sites (tertiary alicyclic amines) is 1. The van der Waals surface area contributed by atoms with Gasteiger partial charge in [0, 0.05) is 25.2 Å². The van der Waals surface area contributed by atoms with Crippen LogP contribution in [-0.4, -0.2) is 23.5 Å². The molecule has 1 aromatic carbocycles. The number of nitrogens with two attached hydrogens (primary N) is 1. The first-order valence-electron chi connectivity index (χ1n) is 6.59. The zero-order valence-electron chi connectivity index (χ0n) is 11.2. The molecule has 1 aromatic rings. The Morgan fingerprint density at radius 3 is 2.89 bits per heavy atom. The molecule has 0 radical (unpaired) electrons. The molecule has 3 nitrogen and oxygen atoms in total. The first-order chi connectivity index (χ1) is 8.60. The van der Waals surface area contributed by atoms with Gasteiger partial charge in [0.05, 0.1) is 11.6 Å². The van der Waals surface area contributed by atoms with Gasteiger partial charge in [-0.2, -0.15) is 5.26 Å². The van der Waals surface area contributed by atoms with Crippen LogP contribution in [-0.2, 0) is 6.54 Å². The van der Waals surface area contributed by atoms with Crippen molar-refractivity contribution >= 4 is 0 Å². The van der Waals surface area contributed by atoms with E-state index < -0.39 is 0 Å². The molecule has 0 aliphatic carbocycles. The van der Waals surface area contributed by atoms with E-state index in [0.717, 1.165) is 31.5 Å². The van der Waals surface area contributed by atoms with Gasteiger partial charge in [0.25, 0.3) is 0 Å². The van der Waals surface area contributed by atoms with Crippen molar-refractivity contribution in [2.75, 3.05) is 6.54 Å². The predicted molar refractivity (Wildman–Crippen MR) is 73.0 cm³/mol. The summed E-state index contributed by atoms with van der Waals surface area (Å²) in [5, 5.41) is 8.87. The lowest BCUT2D eigenvalue weighted by molar-refractivity contribution is 0.140. The highest BCUT2D eigenvalue weighted by Crippen LogP contribution is 2.20. The summed E-state index contributed by atoms with van der Waals surface area (Å²) in [6.07, 6.45) is 2.16. The summed E-state index contributed by atoms with van der Waals surface area (Å²) >= 11 is 0. The summed E-state index contributed by atoms with van der Waals surface area (Å²) in [4.78, 5) is 2.48. The molecule has 2 atom stereocenters. The van der Waals surface area contributed by atoms with Crippen LogP contribution in [0.4, 0.5) is 0 Å². The fourth-order valence-corrected chi connectivity index (χ4v) is 2.65. The minimum Gasteiger partial charge on any atom is -0.328 e. The van der Waals surface area contributed by atoms with E-state index in [2.05, 4.69) is 30.9 Å². The molecule has 2 unspecified atom stereocenters. The van der Waals surface area contributed by atoms with Crippen molar-refractivity contribution in [2.24, 2.45) is 5.73 Å². The monoisotopic (exact) mass is 243 g/mol. The second-order valence-corrected chi connectivity index (χ2v) is 5.36. The van der Waals surface area contributed by atoms with Gasteiger partial charge in [0.2, 0.25) is 0 Å². The number of nitrogens with zero attached hydrogens (tertiary/aromatic N) is 2. The van der Waals surface area contributed by atoms with Crippen LogP contribution in [0, 0.1) is 18.3 Å². The molecule has 18 heavy (non-hydrogen) atoms. The molecule has 3 heteroatoms. The van der Waals surface area contributed by atoms with E-state index in [-0.39, 0.29) is 0 Å². The van der Waals surface area contributed by atoms with Crippen LogP contribution in [0.3, 0.4) is 0 Å². The molecule has 1 aliphatic rings. The number of piperidine rings is 1. The molecule has 0 spiro atoms. The zero-order valence-corrected chi connectivity index (χ0v) is 11.2. The van der Waals surface area contributed by atoms with Crippen molar-refractivity contribution in [1.29, 1.82) is 5.26 Å². The third-order valence-corrected chi connectivity index (χ3v) is 3.90. The summed E-state index contributed by atoms with van der Waals surface area (Å²) in [5.41, 5.74) is 9.25. The van der Waals surface area contributed by atoms with Crippen LogP contribution in [0.15, 0.2) is 18.2 Å². The SMILES string of the molecule is Cc1cc(C#N)ccc1CN1CCC(N)CC1C. The van der Waals surface area contributed by atoms with Gasteiger partial charge in [0.1, 0.15) is 0 Å². The van der Waals surface area contributed by atoms with E-state index in [1.807, 2.05) is 12.1 Å². The third kappa shape index (κ3) is 2.90. The molecular formula is C15H21N3. The van der Waals surface area contributed by atoms with Gasteiger partial charge in [-0.25, -0.2) is 0 Å². The maximum Gasteiger partial charge on any atom is 0.0991 e. The third-order valence-electron chi connectivity index (χ3n) is 3.90. The van der Waals surface area contributed by atoms with Gasteiger partial charge in [0.15, 0.2) is 0 Å². The zero-order chi connectivity index (χ0) is 13.1. The second kappa shape index (κ2) is 5.51. The van der Waals surface area contributed by atoms with E-state index >= 15 is 0 Å². The molecule has 1 aliphatic heterocycles. The van der Waals surface area contributed by atoms with Crippen LogP contribution in [0.2, 0.25) is 0 Å². The normalized spacial score (nSPS) is 24.8. The van der Waals surface area contributed by atoms with Crippen LogP contribution < -0.4 is 5.73 Å². The number of hydrogen-bond acceptors (Lipinski definition) is 3. The van der Waals surface area contributed by atoms with Crippen molar-refractivity contribution < 1.29 is 0 Å². The number of aryl methyl sites for hydroxylation is 1. The highest BCUT2D eigenvalue weighted by atomic mass is 15.2. The molecule has 1 saturated heterocycles. The molecule has 96 valence electrons. The van der Waals surface area contributed by atoms with Gasteiger partial charge in [-0.15, -0.1) is 0 Å². The van der Waals surface area contributed by atoms with Crippen molar-refractivity contribution in [2.45, 2.75) is 45.3 Å². The van der Waals surface area contributed by atoms with Crippen LogP contribution >= 0.6 is 0 Å². The summed E-state index contributed by atoms with van der Waals surface area (Å²) in [6.45, 7) is 6.36. The first kappa shape index (κ1) is 13.1. The predicted octanol–water partition coefficient (Wildman–Crippen LogP) is 2.18. The lowest BCUT2D eigenvalue weighted by atomic mass is 9.97. The number of hydrogen-bond donors (Lipinski definition) is 1. The average Bonchev–Trinajstić information content (AvgIpc) is 2.34. The Morgan fingerprint density at radius 1 is 1.50 bits per heavy atom. The molecule has 2 rings (SSSR count). The van der Waals surface area contributed by atoms with Gasteiger partial charge in [-0.1, -0.05) is 6.07 Å². The Balaban J connectivity index is 2.08. The summed E-state index contributed by atoms with van der Waals surface area (Å²) in [6, 6.07) is 9.04. The molecule has 1 fully saturated rings. The van der Waals surface area contributed by atoms with Crippen LogP contribution in [0.5, 0.6) is 0 Å².